The number of hydrogen-bond acceptors (Lipinski definition) is 7. The second-order valence-corrected chi connectivity index (χ2v) is 8.40. The SMILES string of the molecule is COc1cc2c(cc1OC)C1N(C)Cc3c(cc(OC)c4c3OCO4)[C@]1(C)[C@H](O)C2. The Hall–Kier alpha value is -2.64. The molecule has 7 nitrogen and oxygen atoms in total. The molecule has 30 heavy (non-hydrogen) atoms. The molecule has 2 aromatic rings. The van der Waals surface area contributed by atoms with E-state index in [1.165, 1.54) is 0 Å². The zero-order valence-electron chi connectivity index (χ0n) is 17.9. The molecule has 0 saturated carbocycles. The first-order chi connectivity index (χ1) is 14.4. The fourth-order valence-corrected chi connectivity index (χ4v) is 5.54. The molecule has 0 bridgehead atoms. The van der Waals surface area contributed by atoms with Gasteiger partial charge in [-0.2, -0.15) is 0 Å². The molecule has 0 spiro atoms. The van der Waals surface area contributed by atoms with Crippen LogP contribution in [-0.4, -0.2) is 51.3 Å². The van der Waals surface area contributed by atoms with Crippen LogP contribution in [0.2, 0.25) is 0 Å². The summed E-state index contributed by atoms with van der Waals surface area (Å²) in [7, 11) is 6.98. The summed E-state index contributed by atoms with van der Waals surface area (Å²) in [5.74, 6) is 3.37. The minimum atomic E-state index is -0.598. The van der Waals surface area contributed by atoms with Crippen LogP contribution in [0.4, 0.5) is 0 Å². The predicted molar refractivity (Wildman–Crippen MR) is 110 cm³/mol. The molecule has 1 N–H and O–H groups in total. The van der Waals surface area contributed by atoms with Gasteiger partial charge in [-0.05, 0) is 48.4 Å². The smallest absolute Gasteiger partial charge is 0.231 e. The highest BCUT2D eigenvalue weighted by atomic mass is 16.7. The minimum Gasteiger partial charge on any atom is -0.493 e. The first-order valence-corrected chi connectivity index (χ1v) is 10.1. The summed E-state index contributed by atoms with van der Waals surface area (Å²) >= 11 is 0. The highest BCUT2D eigenvalue weighted by Gasteiger charge is 2.54. The van der Waals surface area contributed by atoms with E-state index in [1.54, 1.807) is 21.3 Å². The van der Waals surface area contributed by atoms with Gasteiger partial charge in [-0.25, -0.2) is 0 Å². The summed E-state index contributed by atoms with van der Waals surface area (Å²) in [5, 5.41) is 11.5. The van der Waals surface area contributed by atoms with Crippen molar-refractivity contribution in [2.24, 2.45) is 0 Å². The maximum absolute atomic E-state index is 11.5. The van der Waals surface area contributed by atoms with Crippen molar-refractivity contribution < 1.29 is 28.8 Å². The lowest BCUT2D eigenvalue weighted by molar-refractivity contribution is -0.000530. The third-order valence-corrected chi connectivity index (χ3v) is 6.97. The average Bonchev–Trinajstić information content (AvgIpc) is 3.23. The summed E-state index contributed by atoms with van der Waals surface area (Å²) in [6, 6.07) is 6.00. The van der Waals surface area contributed by atoms with E-state index in [2.05, 4.69) is 24.9 Å². The van der Waals surface area contributed by atoms with Crippen molar-refractivity contribution in [1.82, 2.24) is 4.90 Å². The number of methoxy groups -OCH3 is 3. The Morgan fingerprint density at radius 1 is 1.00 bits per heavy atom. The van der Waals surface area contributed by atoms with Gasteiger partial charge in [0.1, 0.15) is 0 Å². The number of hydrogen-bond donors (Lipinski definition) is 1. The molecule has 160 valence electrons. The van der Waals surface area contributed by atoms with Crippen molar-refractivity contribution in [2.75, 3.05) is 35.2 Å². The summed E-state index contributed by atoms with van der Waals surface area (Å²) in [6.45, 7) is 2.97. The van der Waals surface area contributed by atoms with Gasteiger partial charge in [0, 0.05) is 23.6 Å². The lowest BCUT2D eigenvalue weighted by Crippen LogP contribution is -2.55. The molecule has 5 rings (SSSR count). The average molecular weight is 413 g/mol. The van der Waals surface area contributed by atoms with Crippen LogP contribution >= 0.6 is 0 Å². The Balaban J connectivity index is 1.75. The van der Waals surface area contributed by atoms with Gasteiger partial charge in [0.2, 0.25) is 12.5 Å². The molecule has 3 atom stereocenters. The number of aliphatic hydroxyl groups excluding tert-OH is 1. The van der Waals surface area contributed by atoms with Crippen LogP contribution in [0.15, 0.2) is 18.2 Å². The van der Waals surface area contributed by atoms with E-state index in [9.17, 15) is 5.11 Å². The van der Waals surface area contributed by atoms with Crippen molar-refractivity contribution in [3.05, 3.63) is 40.5 Å². The van der Waals surface area contributed by atoms with Crippen LogP contribution in [-0.2, 0) is 18.4 Å². The van der Waals surface area contributed by atoms with Gasteiger partial charge in [0.15, 0.2) is 23.0 Å². The Morgan fingerprint density at radius 2 is 1.67 bits per heavy atom. The van der Waals surface area contributed by atoms with E-state index in [0.29, 0.717) is 36.0 Å². The lowest BCUT2D eigenvalue weighted by atomic mass is 9.60. The summed E-state index contributed by atoms with van der Waals surface area (Å²) in [6.07, 6.45) is -0.0770. The number of rotatable bonds is 3. The van der Waals surface area contributed by atoms with Crippen LogP contribution in [0.5, 0.6) is 28.7 Å². The van der Waals surface area contributed by atoms with Crippen LogP contribution in [0.1, 0.15) is 35.2 Å². The number of aliphatic hydroxyl groups is 1. The number of likely N-dealkylation sites (N-methyl/N-ethyl adjacent to an activating group) is 1. The van der Waals surface area contributed by atoms with Crippen molar-refractivity contribution in [1.29, 1.82) is 0 Å². The van der Waals surface area contributed by atoms with Gasteiger partial charge in [0.25, 0.3) is 0 Å². The standard InChI is InChI=1S/C23H27NO6/c1-23-15-9-18(28-5)21-20(29-11-30-21)14(15)10-24(2)22(23)13-8-17(27-4)16(26-3)6-12(13)7-19(23)25/h6,8-9,19,22,25H,7,10-11H2,1-5H3/t19-,22?,23-/m1/s1. The van der Waals surface area contributed by atoms with Gasteiger partial charge in [-0.15, -0.1) is 0 Å². The maximum Gasteiger partial charge on any atom is 0.231 e. The maximum atomic E-state index is 11.5. The highest BCUT2D eigenvalue weighted by Crippen LogP contribution is 2.58. The fourth-order valence-electron chi connectivity index (χ4n) is 5.54. The lowest BCUT2D eigenvalue weighted by Gasteiger charge is -2.53. The zero-order valence-corrected chi connectivity index (χ0v) is 17.9. The van der Waals surface area contributed by atoms with E-state index in [1.807, 2.05) is 12.1 Å². The van der Waals surface area contributed by atoms with Crippen molar-refractivity contribution >= 4 is 0 Å². The number of ether oxygens (including phenoxy) is 5. The van der Waals surface area contributed by atoms with Gasteiger partial charge in [-0.1, -0.05) is 6.92 Å². The fraction of sp³-hybridized carbons (Fsp3) is 0.478. The van der Waals surface area contributed by atoms with Crippen molar-refractivity contribution in [2.45, 2.75) is 37.5 Å². The molecule has 2 aromatic carbocycles. The first-order valence-electron chi connectivity index (χ1n) is 10.1. The quantitative estimate of drug-likeness (QED) is 0.830. The summed E-state index contributed by atoms with van der Waals surface area (Å²) < 4.78 is 28.2. The molecule has 3 aliphatic rings. The van der Waals surface area contributed by atoms with Gasteiger partial charge in [-0.3, -0.25) is 4.90 Å². The van der Waals surface area contributed by atoms with Crippen LogP contribution in [0.3, 0.4) is 0 Å². The third kappa shape index (κ3) is 2.39. The Bertz CT molecular complexity index is 1020. The van der Waals surface area contributed by atoms with E-state index < -0.39 is 11.5 Å². The molecule has 0 radical (unpaired) electrons. The van der Waals surface area contributed by atoms with E-state index in [4.69, 9.17) is 23.7 Å². The largest absolute Gasteiger partial charge is 0.493 e. The zero-order chi connectivity index (χ0) is 21.2. The van der Waals surface area contributed by atoms with Gasteiger partial charge in [0.05, 0.1) is 27.4 Å². The molecule has 0 saturated heterocycles. The number of nitrogens with zero attached hydrogens (tertiary/aromatic N) is 1. The van der Waals surface area contributed by atoms with Crippen molar-refractivity contribution in [3.8, 4) is 28.7 Å². The topological polar surface area (TPSA) is 69.6 Å². The molecule has 1 unspecified atom stereocenters. The van der Waals surface area contributed by atoms with Gasteiger partial charge < -0.3 is 28.8 Å². The van der Waals surface area contributed by atoms with Gasteiger partial charge >= 0.3 is 0 Å². The molecule has 0 aromatic heterocycles. The Kier molecular flexibility index (Phi) is 4.31. The predicted octanol–water partition coefficient (Wildman–Crippen LogP) is 2.80. The molecule has 2 aliphatic heterocycles. The van der Waals surface area contributed by atoms with Crippen molar-refractivity contribution in [3.63, 3.8) is 0 Å². The number of fused-ring (bicyclic) bond motifs is 7. The molecule has 7 heteroatoms. The Morgan fingerprint density at radius 3 is 2.37 bits per heavy atom. The second kappa shape index (κ2) is 6.68. The summed E-state index contributed by atoms with van der Waals surface area (Å²) in [4.78, 5) is 2.27. The normalized spacial score (nSPS) is 26.5. The van der Waals surface area contributed by atoms with E-state index in [0.717, 1.165) is 28.0 Å². The van der Waals surface area contributed by atoms with Crippen LogP contribution in [0, 0.1) is 0 Å². The second-order valence-electron chi connectivity index (χ2n) is 8.40. The molecule has 0 fully saturated rings. The Labute approximate surface area is 176 Å². The van der Waals surface area contributed by atoms with E-state index >= 15 is 0 Å². The molecular formula is C23H27NO6. The third-order valence-electron chi connectivity index (χ3n) is 6.97. The number of benzene rings is 2. The highest BCUT2D eigenvalue weighted by molar-refractivity contribution is 5.64. The van der Waals surface area contributed by atoms with Crippen LogP contribution < -0.4 is 23.7 Å². The minimum absolute atomic E-state index is 0.0476. The monoisotopic (exact) mass is 413 g/mol. The molecule has 2 heterocycles. The molecular weight excluding hydrogens is 386 g/mol. The van der Waals surface area contributed by atoms with E-state index in [-0.39, 0.29) is 12.8 Å². The van der Waals surface area contributed by atoms with Crippen LogP contribution in [0.25, 0.3) is 0 Å². The molecule has 0 amide bonds. The summed E-state index contributed by atoms with van der Waals surface area (Å²) in [5.41, 5.74) is 3.74. The molecule has 1 aliphatic carbocycles. The first kappa shape index (κ1) is 19.3.